The molecule has 1 aromatic carbocycles. The number of aliphatic hydroxyl groups excluding tert-OH is 1. The Hall–Kier alpha value is -3.13. The Labute approximate surface area is 203 Å². The van der Waals surface area contributed by atoms with Gasteiger partial charge in [-0.2, -0.15) is 0 Å². The third kappa shape index (κ3) is 4.47. The van der Waals surface area contributed by atoms with Crippen molar-refractivity contribution in [3.05, 3.63) is 60.2 Å². The fourth-order valence-electron chi connectivity index (χ4n) is 5.62. The lowest BCUT2D eigenvalue weighted by Crippen LogP contribution is -2.60. The average Bonchev–Trinajstić information content (AvgIpc) is 3.07. The van der Waals surface area contributed by atoms with Crippen molar-refractivity contribution < 1.29 is 28.2 Å². The van der Waals surface area contributed by atoms with Crippen molar-refractivity contribution in [1.82, 2.24) is 10.3 Å². The molecule has 186 valence electrons. The molecule has 0 spiro atoms. The third-order valence-corrected chi connectivity index (χ3v) is 7.53. The van der Waals surface area contributed by atoms with E-state index in [0.717, 1.165) is 5.56 Å². The molecular formula is C27H30F2N2O4. The van der Waals surface area contributed by atoms with E-state index < -0.39 is 46.8 Å². The monoisotopic (exact) mass is 484 g/mol. The van der Waals surface area contributed by atoms with E-state index in [2.05, 4.69) is 10.3 Å². The number of aromatic nitrogens is 1. The zero-order chi connectivity index (χ0) is 25.4. The van der Waals surface area contributed by atoms with Gasteiger partial charge in [-0.1, -0.05) is 31.2 Å². The van der Waals surface area contributed by atoms with Crippen LogP contribution in [-0.2, 0) is 14.3 Å². The normalized spacial score (nSPS) is 32.3. The molecule has 2 heterocycles. The van der Waals surface area contributed by atoms with Gasteiger partial charge < -0.3 is 15.2 Å². The molecule has 1 aliphatic carbocycles. The fraction of sp³-hybridized carbons (Fsp3) is 0.444. The molecule has 1 saturated carbocycles. The van der Waals surface area contributed by atoms with Gasteiger partial charge >= 0.3 is 5.97 Å². The summed E-state index contributed by atoms with van der Waals surface area (Å²) < 4.78 is 34.9. The SMILES string of the molecule is C[C@H]1OC(=O)[C@]2(C(=O)NCCO)CC(C)(F)[C@@H](C)[C@H](/C=C/c3ccc(-c4cccc(F)c4)cn3)[C@H]12. The molecule has 1 saturated heterocycles. The molecule has 1 amide bonds. The minimum Gasteiger partial charge on any atom is -0.461 e. The van der Waals surface area contributed by atoms with Gasteiger partial charge in [0.25, 0.3) is 0 Å². The van der Waals surface area contributed by atoms with Crippen LogP contribution in [0.3, 0.4) is 0 Å². The van der Waals surface area contributed by atoms with Crippen LogP contribution < -0.4 is 5.32 Å². The number of aliphatic hydroxyl groups is 1. The van der Waals surface area contributed by atoms with Gasteiger partial charge in [-0.15, -0.1) is 0 Å². The predicted molar refractivity (Wildman–Crippen MR) is 127 cm³/mol. The highest BCUT2D eigenvalue weighted by Gasteiger charge is 2.69. The smallest absolute Gasteiger partial charge is 0.322 e. The van der Waals surface area contributed by atoms with E-state index in [1.165, 1.54) is 19.1 Å². The number of fused-ring (bicyclic) bond motifs is 1. The van der Waals surface area contributed by atoms with E-state index in [4.69, 9.17) is 9.84 Å². The van der Waals surface area contributed by atoms with Crippen molar-refractivity contribution in [2.45, 2.75) is 39.0 Å². The van der Waals surface area contributed by atoms with Crippen molar-refractivity contribution in [2.75, 3.05) is 13.2 Å². The number of carbonyl (C=O) groups is 2. The number of amides is 1. The zero-order valence-electron chi connectivity index (χ0n) is 20.0. The van der Waals surface area contributed by atoms with Gasteiger partial charge in [0, 0.05) is 30.6 Å². The number of nitrogens with zero attached hydrogens (tertiary/aromatic N) is 1. The van der Waals surface area contributed by atoms with E-state index >= 15 is 4.39 Å². The second-order valence-electron chi connectivity index (χ2n) is 9.75. The van der Waals surface area contributed by atoms with Crippen LogP contribution in [0, 0.1) is 29.0 Å². The van der Waals surface area contributed by atoms with Gasteiger partial charge in [0.2, 0.25) is 5.91 Å². The molecule has 8 heteroatoms. The fourth-order valence-corrected chi connectivity index (χ4v) is 5.62. The number of rotatable bonds is 6. The Morgan fingerprint density at radius 2 is 2.06 bits per heavy atom. The average molecular weight is 485 g/mol. The number of ether oxygens (including phenoxy) is 1. The van der Waals surface area contributed by atoms with Gasteiger partial charge in [0.15, 0.2) is 5.41 Å². The highest BCUT2D eigenvalue weighted by molar-refractivity contribution is 6.05. The molecule has 2 N–H and O–H groups in total. The van der Waals surface area contributed by atoms with Crippen LogP contribution in [0.1, 0.15) is 32.9 Å². The summed E-state index contributed by atoms with van der Waals surface area (Å²) in [6.07, 6.45) is 4.33. The van der Waals surface area contributed by atoms with Crippen LogP contribution >= 0.6 is 0 Å². The van der Waals surface area contributed by atoms with Gasteiger partial charge in [-0.25, -0.2) is 8.78 Å². The maximum Gasteiger partial charge on any atom is 0.322 e. The number of benzene rings is 1. The molecule has 1 aromatic heterocycles. The Bertz CT molecular complexity index is 1130. The Kier molecular flexibility index (Phi) is 6.77. The largest absolute Gasteiger partial charge is 0.461 e. The zero-order valence-corrected chi connectivity index (χ0v) is 20.0. The molecule has 2 aromatic rings. The summed E-state index contributed by atoms with van der Waals surface area (Å²) in [6, 6.07) is 9.83. The van der Waals surface area contributed by atoms with E-state index in [9.17, 15) is 14.0 Å². The Morgan fingerprint density at radius 3 is 2.71 bits per heavy atom. The molecule has 0 bridgehead atoms. The number of nitrogens with one attached hydrogen (secondary N) is 1. The maximum atomic E-state index is 15.9. The second-order valence-corrected chi connectivity index (χ2v) is 9.75. The molecular weight excluding hydrogens is 454 g/mol. The summed E-state index contributed by atoms with van der Waals surface area (Å²) in [5.41, 5.74) is -1.41. The van der Waals surface area contributed by atoms with Crippen molar-refractivity contribution >= 4 is 18.0 Å². The number of carbonyl (C=O) groups excluding carboxylic acids is 2. The quantitative estimate of drug-likeness (QED) is 0.479. The van der Waals surface area contributed by atoms with Gasteiger partial charge in [-0.05, 0) is 55.5 Å². The number of halogens is 2. The van der Waals surface area contributed by atoms with Crippen molar-refractivity contribution in [1.29, 1.82) is 0 Å². The van der Waals surface area contributed by atoms with Crippen molar-refractivity contribution in [2.24, 2.45) is 23.2 Å². The van der Waals surface area contributed by atoms with E-state index in [-0.39, 0.29) is 25.4 Å². The third-order valence-electron chi connectivity index (χ3n) is 7.53. The Balaban J connectivity index is 1.66. The molecule has 1 aliphatic heterocycles. The van der Waals surface area contributed by atoms with Crippen molar-refractivity contribution in [3.8, 4) is 11.1 Å². The van der Waals surface area contributed by atoms with Crippen LogP contribution in [0.15, 0.2) is 48.7 Å². The topological polar surface area (TPSA) is 88.5 Å². The molecule has 2 aliphatic rings. The van der Waals surface area contributed by atoms with Crippen molar-refractivity contribution in [3.63, 3.8) is 0 Å². The van der Waals surface area contributed by atoms with Gasteiger partial charge in [-0.3, -0.25) is 14.6 Å². The van der Waals surface area contributed by atoms with Crippen LogP contribution in [0.2, 0.25) is 0 Å². The number of hydrogen-bond acceptors (Lipinski definition) is 5. The molecule has 4 rings (SSSR count). The molecule has 1 unspecified atom stereocenters. The van der Waals surface area contributed by atoms with Gasteiger partial charge in [0.1, 0.15) is 17.6 Å². The lowest BCUT2D eigenvalue weighted by Gasteiger charge is -2.49. The lowest BCUT2D eigenvalue weighted by atomic mass is 9.53. The first kappa shape index (κ1) is 25.0. The first-order valence-corrected chi connectivity index (χ1v) is 11.8. The number of pyridine rings is 1. The summed E-state index contributed by atoms with van der Waals surface area (Å²) in [7, 11) is 0. The summed E-state index contributed by atoms with van der Waals surface area (Å²) in [4.78, 5) is 30.6. The number of alkyl halides is 1. The maximum absolute atomic E-state index is 15.9. The molecule has 6 atom stereocenters. The highest BCUT2D eigenvalue weighted by atomic mass is 19.1. The Morgan fingerprint density at radius 1 is 1.29 bits per heavy atom. The number of allylic oxidation sites excluding steroid dienone is 1. The summed E-state index contributed by atoms with van der Waals surface area (Å²) in [5, 5.41) is 11.7. The summed E-state index contributed by atoms with van der Waals surface area (Å²) in [5.74, 6) is -3.22. The number of hydrogen-bond donors (Lipinski definition) is 2. The van der Waals surface area contributed by atoms with Crippen LogP contribution in [0.4, 0.5) is 8.78 Å². The molecule has 35 heavy (non-hydrogen) atoms. The minimum absolute atomic E-state index is 0.0321. The van der Waals surface area contributed by atoms with Crippen LogP contribution in [0.5, 0.6) is 0 Å². The van der Waals surface area contributed by atoms with Crippen LogP contribution in [-0.4, -0.2) is 46.9 Å². The van der Waals surface area contributed by atoms with Crippen LogP contribution in [0.25, 0.3) is 17.2 Å². The summed E-state index contributed by atoms with van der Waals surface area (Å²) in [6.45, 7) is 4.60. The number of cyclic esters (lactones) is 1. The lowest BCUT2D eigenvalue weighted by molar-refractivity contribution is -0.161. The minimum atomic E-state index is -1.81. The highest BCUT2D eigenvalue weighted by Crippen LogP contribution is 2.58. The molecule has 2 fully saturated rings. The van der Waals surface area contributed by atoms with E-state index in [0.29, 0.717) is 11.3 Å². The number of esters is 1. The predicted octanol–water partition coefficient (Wildman–Crippen LogP) is 3.94. The first-order valence-electron chi connectivity index (χ1n) is 11.8. The molecule has 6 nitrogen and oxygen atoms in total. The molecule has 0 radical (unpaired) electrons. The second kappa shape index (κ2) is 9.49. The van der Waals surface area contributed by atoms with E-state index in [1.807, 2.05) is 12.1 Å². The first-order chi connectivity index (χ1) is 16.6. The van der Waals surface area contributed by atoms with Gasteiger partial charge in [0.05, 0.1) is 12.3 Å². The van der Waals surface area contributed by atoms with E-state index in [1.54, 1.807) is 44.3 Å². The summed E-state index contributed by atoms with van der Waals surface area (Å²) >= 11 is 0. The standard InChI is InChI=1S/C27H30F2N2O4/c1-16-22(10-9-21-8-7-19(14-31-21)18-5-4-6-20(28)13-18)23-17(2)35-25(34)27(23,15-26(16,3)29)24(33)30-11-12-32/h4-10,13-14,16-17,22-23,32H,11-12,15H2,1-3H3,(H,30,33)/b10-9+/t16-,17+,22-,23-,26?,27+/m0/s1.